The fourth-order valence-electron chi connectivity index (χ4n) is 3.63. The van der Waals surface area contributed by atoms with E-state index in [1.807, 2.05) is 12.1 Å². The van der Waals surface area contributed by atoms with Gasteiger partial charge in [0.15, 0.2) is 11.5 Å². The van der Waals surface area contributed by atoms with Crippen LogP contribution in [-0.4, -0.2) is 38.8 Å². The predicted molar refractivity (Wildman–Crippen MR) is 104 cm³/mol. The van der Waals surface area contributed by atoms with Gasteiger partial charge < -0.3 is 14.2 Å². The first kappa shape index (κ1) is 18.6. The molecule has 1 atom stereocenters. The van der Waals surface area contributed by atoms with E-state index >= 15 is 0 Å². The second kappa shape index (κ2) is 8.45. The first-order chi connectivity index (χ1) is 12.6. The molecule has 1 aliphatic heterocycles. The average Bonchev–Trinajstić information content (AvgIpc) is 2.70. The van der Waals surface area contributed by atoms with E-state index in [-0.39, 0.29) is 0 Å². The number of aryl methyl sites for hydroxylation is 1. The molecule has 2 aromatic carbocycles. The smallest absolute Gasteiger partial charge is 0.161 e. The van der Waals surface area contributed by atoms with E-state index in [1.54, 1.807) is 21.3 Å². The summed E-state index contributed by atoms with van der Waals surface area (Å²) < 4.78 is 16.1. The van der Waals surface area contributed by atoms with Crippen molar-refractivity contribution in [1.29, 1.82) is 0 Å². The largest absolute Gasteiger partial charge is 0.497 e. The van der Waals surface area contributed by atoms with Crippen molar-refractivity contribution in [2.75, 3.05) is 27.9 Å². The molecule has 0 radical (unpaired) electrons. The van der Waals surface area contributed by atoms with Gasteiger partial charge in [0, 0.05) is 19.1 Å². The number of ether oxygens (including phenoxy) is 3. The summed E-state index contributed by atoms with van der Waals surface area (Å²) in [4.78, 5) is 2.57. The van der Waals surface area contributed by atoms with Crippen LogP contribution < -0.4 is 14.2 Å². The minimum absolute atomic E-state index is 0.540. The third-order valence-electron chi connectivity index (χ3n) is 5.38. The van der Waals surface area contributed by atoms with Crippen molar-refractivity contribution in [1.82, 2.24) is 4.90 Å². The highest BCUT2D eigenvalue weighted by Gasteiger charge is 2.22. The summed E-state index contributed by atoms with van der Waals surface area (Å²) in [6, 6.07) is 13.2. The highest BCUT2D eigenvalue weighted by molar-refractivity contribution is 5.48. The lowest BCUT2D eigenvalue weighted by atomic mass is 9.96. The van der Waals surface area contributed by atoms with Crippen LogP contribution in [0, 0.1) is 0 Å². The molecule has 0 saturated heterocycles. The van der Waals surface area contributed by atoms with Gasteiger partial charge in [-0.15, -0.1) is 0 Å². The van der Waals surface area contributed by atoms with Crippen LogP contribution in [0.5, 0.6) is 17.2 Å². The normalized spacial score (nSPS) is 15.2. The Bertz CT molecular complexity index is 727. The van der Waals surface area contributed by atoms with Crippen LogP contribution in [0.25, 0.3) is 0 Å². The lowest BCUT2D eigenvalue weighted by Gasteiger charge is -2.34. The van der Waals surface area contributed by atoms with Crippen LogP contribution in [-0.2, 0) is 19.4 Å². The van der Waals surface area contributed by atoms with Gasteiger partial charge in [-0.1, -0.05) is 12.1 Å². The van der Waals surface area contributed by atoms with Gasteiger partial charge in [0.05, 0.1) is 21.3 Å². The molecule has 140 valence electrons. The minimum Gasteiger partial charge on any atom is -0.497 e. The maximum atomic E-state index is 5.47. The molecular weight excluding hydrogens is 326 g/mol. The molecule has 2 aromatic rings. The Hall–Kier alpha value is -2.20. The number of hydrogen-bond acceptors (Lipinski definition) is 4. The van der Waals surface area contributed by atoms with E-state index in [0.717, 1.165) is 49.6 Å². The molecule has 4 nitrogen and oxygen atoms in total. The second-order valence-corrected chi connectivity index (χ2v) is 6.93. The molecule has 0 fully saturated rings. The molecule has 3 rings (SSSR count). The van der Waals surface area contributed by atoms with E-state index in [0.29, 0.717) is 6.04 Å². The van der Waals surface area contributed by atoms with Gasteiger partial charge in [0.2, 0.25) is 0 Å². The minimum atomic E-state index is 0.540. The van der Waals surface area contributed by atoms with Crippen molar-refractivity contribution in [2.45, 2.75) is 38.8 Å². The van der Waals surface area contributed by atoms with Crippen LogP contribution >= 0.6 is 0 Å². The first-order valence-electron chi connectivity index (χ1n) is 9.25. The fraction of sp³-hybridized carbons (Fsp3) is 0.455. The van der Waals surface area contributed by atoms with Crippen LogP contribution in [0.2, 0.25) is 0 Å². The van der Waals surface area contributed by atoms with Gasteiger partial charge >= 0.3 is 0 Å². The number of fused-ring (bicyclic) bond motifs is 1. The summed E-state index contributed by atoms with van der Waals surface area (Å²) in [7, 11) is 5.10. The summed E-state index contributed by atoms with van der Waals surface area (Å²) in [5.41, 5.74) is 4.09. The number of methoxy groups -OCH3 is 3. The van der Waals surface area contributed by atoms with Gasteiger partial charge in [0.25, 0.3) is 0 Å². The third-order valence-corrected chi connectivity index (χ3v) is 5.38. The van der Waals surface area contributed by atoms with E-state index in [9.17, 15) is 0 Å². The van der Waals surface area contributed by atoms with E-state index in [1.165, 1.54) is 16.7 Å². The lowest BCUT2D eigenvalue weighted by molar-refractivity contribution is 0.181. The summed E-state index contributed by atoms with van der Waals surface area (Å²) >= 11 is 0. The Balaban J connectivity index is 1.62. The van der Waals surface area contributed by atoms with Crippen LogP contribution in [0.15, 0.2) is 36.4 Å². The van der Waals surface area contributed by atoms with Crippen molar-refractivity contribution < 1.29 is 14.2 Å². The average molecular weight is 355 g/mol. The van der Waals surface area contributed by atoms with Crippen LogP contribution in [0.1, 0.15) is 30.0 Å². The van der Waals surface area contributed by atoms with Crippen LogP contribution in [0.3, 0.4) is 0 Å². The number of benzene rings is 2. The van der Waals surface area contributed by atoms with Crippen molar-refractivity contribution in [2.24, 2.45) is 0 Å². The number of rotatable bonds is 7. The molecule has 0 aromatic heterocycles. The topological polar surface area (TPSA) is 30.9 Å². The van der Waals surface area contributed by atoms with E-state index in [4.69, 9.17) is 14.2 Å². The Labute approximate surface area is 156 Å². The standard InChI is InChI=1S/C22H29NO3/c1-16(5-6-17-7-9-20(24-2)10-8-17)23-12-11-18-13-21(25-3)22(26-4)14-19(18)15-23/h7-10,13-14,16H,5-6,11-12,15H2,1-4H3. The van der Waals surface area contributed by atoms with E-state index in [2.05, 4.69) is 36.1 Å². The quantitative estimate of drug-likeness (QED) is 0.748. The molecule has 0 saturated carbocycles. The maximum Gasteiger partial charge on any atom is 0.161 e. The fourth-order valence-corrected chi connectivity index (χ4v) is 3.63. The number of hydrogen-bond donors (Lipinski definition) is 0. The molecule has 0 bridgehead atoms. The molecule has 26 heavy (non-hydrogen) atoms. The molecule has 0 spiro atoms. The zero-order valence-electron chi connectivity index (χ0n) is 16.2. The Morgan fingerprint density at radius 2 is 1.58 bits per heavy atom. The molecule has 0 aliphatic carbocycles. The Kier molecular flexibility index (Phi) is 6.04. The SMILES string of the molecule is COc1ccc(CCC(C)N2CCc3cc(OC)c(OC)cc3C2)cc1. The zero-order chi connectivity index (χ0) is 18.5. The van der Waals surface area contributed by atoms with Gasteiger partial charge in [-0.3, -0.25) is 4.90 Å². The summed E-state index contributed by atoms with van der Waals surface area (Å²) in [6.45, 7) is 4.39. The first-order valence-corrected chi connectivity index (χ1v) is 9.25. The molecule has 0 amide bonds. The molecule has 0 N–H and O–H groups in total. The molecule has 1 heterocycles. The van der Waals surface area contributed by atoms with E-state index < -0.39 is 0 Å². The van der Waals surface area contributed by atoms with Gasteiger partial charge in [0.1, 0.15) is 5.75 Å². The van der Waals surface area contributed by atoms with Crippen molar-refractivity contribution in [3.05, 3.63) is 53.1 Å². The van der Waals surface area contributed by atoms with Crippen molar-refractivity contribution in [3.63, 3.8) is 0 Å². The lowest BCUT2D eigenvalue weighted by Crippen LogP contribution is -2.37. The highest BCUT2D eigenvalue weighted by Crippen LogP contribution is 2.33. The summed E-state index contributed by atoms with van der Waals surface area (Å²) in [6.07, 6.45) is 3.29. The third kappa shape index (κ3) is 4.13. The molecule has 1 aliphatic rings. The molecule has 4 heteroatoms. The predicted octanol–water partition coefficient (Wildman–Crippen LogP) is 4.09. The second-order valence-electron chi connectivity index (χ2n) is 6.93. The number of nitrogens with zero attached hydrogens (tertiary/aromatic N) is 1. The van der Waals surface area contributed by atoms with Crippen molar-refractivity contribution >= 4 is 0 Å². The van der Waals surface area contributed by atoms with Gasteiger partial charge in [-0.05, 0) is 67.1 Å². The maximum absolute atomic E-state index is 5.47. The van der Waals surface area contributed by atoms with Gasteiger partial charge in [-0.25, -0.2) is 0 Å². The van der Waals surface area contributed by atoms with Crippen LogP contribution in [0.4, 0.5) is 0 Å². The Morgan fingerprint density at radius 1 is 0.923 bits per heavy atom. The van der Waals surface area contributed by atoms with Crippen molar-refractivity contribution in [3.8, 4) is 17.2 Å². The molecular formula is C22H29NO3. The summed E-state index contributed by atoms with van der Waals surface area (Å²) in [5, 5.41) is 0. The van der Waals surface area contributed by atoms with Gasteiger partial charge in [-0.2, -0.15) is 0 Å². The summed E-state index contributed by atoms with van der Waals surface area (Å²) in [5.74, 6) is 2.56. The highest BCUT2D eigenvalue weighted by atomic mass is 16.5. The Morgan fingerprint density at radius 3 is 2.19 bits per heavy atom. The monoisotopic (exact) mass is 355 g/mol. The molecule has 1 unspecified atom stereocenters. The zero-order valence-corrected chi connectivity index (χ0v) is 16.2.